The van der Waals surface area contributed by atoms with Gasteiger partial charge in [0.05, 0.1) is 12.1 Å². The number of hydrogen-bond donors (Lipinski definition) is 3. The summed E-state index contributed by atoms with van der Waals surface area (Å²) >= 11 is 0. The molecule has 1 heterocycles. The molecular formula is C13H17ClF2N2O3. The van der Waals surface area contributed by atoms with Gasteiger partial charge in [-0.05, 0) is 25.0 Å². The lowest BCUT2D eigenvalue weighted by atomic mass is 10.1. The van der Waals surface area contributed by atoms with E-state index in [1.165, 1.54) is 6.07 Å². The van der Waals surface area contributed by atoms with E-state index >= 15 is 0 Å². The van der Waals surface area contributed by atoms with Crippen molar-refractivity contribution in [3.8, 4) is 5.75 Å². The molecule has 1 fully saturated rings. The minimum atomic E-state index is -2.91. The fourth-order valence-corrected chi connectivity index (χ4v) is 2.05. The highest BCUT2D eigenvalue weighted by molar-refractivity contribution is 5.95. The molecule has 1 aliphatic rings. The number of halogens is 3. The van der Waals surface area contributed by atoms with Gasteiger partial charge < -0.3 is 20.5 Å². The highest BCUT2D eigenvalue weighted by Gasteiger charge is 2.28. The first-order valence-corrected chi connectivity index (χ1v) is 6.23. The van der Waals surface area contributed by atoms with Crippen molar-refractivity contribution >= 4 is 24.0 Å². The Morgan fingerprint density at radius 1 is 1.52 bits per heavy atom. The summed E-state index contributed by atoms with van der Waals surface area (Å²) in [5.41, 5.74) is 0.928. The molecule has 0 aromatic heterocycles. The van der Waals surface area contributed by atoms with E-state index in [4.69, 9.17) is 0 Å². The number of ether oxygens (including phenoxy) is 1. The number of rotatable bonds is 4. The van der Waals surface area contributed by atoms with Crippen molar-refractivity contribution in [2.45, 2.75) is 32.1 Å². The van der Waals surface area contributed by atoms with Crippen molar-refractivity contribution < 1.29 is 23.4 Å². The Balaban J connectivity index is 0.00000220. The van der Waals surface area contributed by atoms with Crippen LogP contribution in [0, 0.1) is 6.92 Å². The van der Waals surface area contributed by atoms with Crippen LogP contribution in [0.4, 0.5) is 14.5 Å². The van der Waals surface area contributed by atoms with Gasteiger partial charge in [0.15, 0.2) is 0 Å². The Hall–Kier alpha value is -1.44. The van der Waals surface area contributed by atoms with E-state index < -0.39 is 18.8 Å². The monoisotopic (exact) mass is 322 g/mol. The average molecular weight is 323 g/mol. The maximum absolute atomic E-state index is 12.2. The summed E-state index contributed by atoms with van der Waals surface area (Å²) in [6.45, 7) is -0.907. The molecule has 1 amide bonds. The standard InChI is InChI=1S/C13H16F2N2O3.ClH/c1-7-2-3-8(4-11(7)20-13(14)15)17-12(19)10-5-9(18)6-16-10;/h2-4,9-10,13,16,18H,5-6H2,1H3,(H,17,19);1H. The first kappa shape index (κ1) is 17.6. The van der Waals surface area contributed by atoms with Crippen LogP contribution in [-0.2, 0) is 4.79 Å². The van der Waals surface area contributed by atoms with Gasteiger partial charge in [0.2, 0.25) is 5.91 Å². The number of hydrogen-bond acceptors (Lipinski definition) is 4. The quantitative estimate of drug-likeness (QED) is 0.789. The molecule has 1 aliphatic heterocycles. The van der Waals surface area contributed by atoms with E-state index in [1.54, 1.807) is 19.1 Å². The van der Waals surface area contributed by atoms with Crippen molar-refractivity contribution in [2.24, 2.45) is 0 Å². The molecule has 8 heteroatoms. The molecular weight excluding hydrogens is 306 g/mol. The average Bonchev–Trinajstić information content (AvgIpc) is 2.79. The largest absolute Gasteiger partial charge is 0.434 e. The van der Waals surface area contributed by atoms with Gasteiger partial charge in [0.25, 0.3) is 0 Å². The van der Waals surface area contributed by atoms with Crippen LogP contribution in [0.3, 0.4) is 0 Å². The number of nitrogens with one attached hydrogen (secondary N) is 2. The molecule has 21 heavy (non-hydrogen) atoms. The van der Waals surface area contributed by atoms with Crippen LogP contribution in [0.25, 0.3) is 0 Å². The number of benzene rings is 1. The van der Waals surface area contributed by atoms with Crippen molar-refractivity contribution in [1.82, 2.24) is 5.32 Å². The number of amides is 1. The molecule has 0 bridgehead atoms. The summed E-state index contributed by atoms with van der Waals surface area (Å²) in [6.07, 6.45) is -0.209. The second-order valence-corrected chi connectivity index (χ2v) is 4.70. The van der Waals surface area contributed by atoms with Gasteiger partial charge in [0.1, 0.15) is 5.75 Å². The van der Waals surface area contributed by atoms with E-state index in [9.17, 15) is 18.7 Å². The molecule has 0 spiro atoms. The smallest absolute Gasteiger partial charge is 0.387 e. The Kier molecular flexibility index (Phi) is 6.32. The zero-order valence-corrected chi connectivity index (χ0v) is 12.1. The molecule has 2 unspecified atom stereocenters. The number of anilines is 1. The SMILES string of the molecule is Cc1ccc(NC(=O)C2CC(O)CN2)cc1OC(F)F.Cl. The van der Waals surface area contributed by atoms with Crippen LogP contribution >= 0.6 is 12.4 Å². The zero-order chi connectivity index (χ0) is 14.7. The summed E-state index contributed by atoms with van der Waals surface area (Å²) in [7, 11) is 0. The number of β-amino-alcohol motifs (C(OH)–C–C–N with tert-alkyl or cyclic N) is 1. The summed E-state index contributed by atoms with van der Waals surface area (Å²) in [5.74, 6) is -0.286. The second kappa shape index (κ2) is 7.53. The van der Waals surface area contributed by atoms with Gasteiger partial charge in [-0.3, -0.25) is 4.79 Å². The van der Waals surface area contributed by atoms with E-state index in [0.717, 1.165) is 0 Å². The van der Waals surface area contributed by atoms with Crippen molar-refractivity contribution in [2.75, 3.05) is 11.9 Å². The minimum Gasteiger partial charge on any atom is -0.434 e. The number of carbonyl (C=O) groups is 1. The maximum atomic E-state index is 12.2. The van der Waals surface area contributed by atoms with Gasteiger partial charge >= 0.3 is 6.61 Å². The molecule has 2 atom stereocenters. The first-order valence-electron chi connectivity index (χ1n) is 6.23. The fourth-order valence-electron chi connectivity index (χ4n) is 2.05. The minimum absolute atomic E-state index is 0. The van der Waals surface area contributed by atoms with Crippen molar-refractivity contribution in [3.63, 3.8) is 0 Å². The molecule has 3 N–H and O–H groups in total. The van der Waals surface area contributed by atoms with E-state index in [0.29, 0.717) is 24.2 Å². The Morgan fingerprint density at radius 2 is 2.24 bits per heavy atom. The molecule has 1 aromatic rings. The zero-order valence-electron chi connectivity index (χ0n) is 11.3. The number of aliphatic hydroxyl groups excluding tert-OH is 1. The normalized spacial score (nSPS) is 21.0. The third-order valence-corrected chi connectivity index (χ3v) is 3.10. The first-order chi connectivity index (χ1) is 9.45. The Labute approximate surface area is 127 Å². The van der Waals surface area contributed by atoms with Crippen LogP contribution in [0.5, 0.6) is 5.75 Å². The van der Waals surface area contributed by atoms with Gasteiger partial charge in [-0.25, -0.2) is 0 Å². The highest BCUT2D eigenvalue weighted by Crippen LogP contribution is 2.24. The number of alkyl halides is 2. The van der Waals surface area contributed by atoms with Crippen molar-refractivity contribution in [1.29, 1.82) is 0 Å². The third kappa shape index (κ3) is 4.80. The van der Waals surface area contributed by atoms with Crippen LogP contribution in [0.1, 0.15) is 12.0 Å². The molecule has 118 valence electrons. The molecule has 1 saturated heterocycles. The summed E-state index contributed by atoms with van der Waals surface area (Å²) < 4.78 is 28.8. The van der Waals surface area contributed by atoms with E-state index in [2.05, 4.69) is 15.4 Å². The van der Waals surface area contributed by atoms with Gasteiger partial charge in [-0.2, -0.15) is 8.78 Å². The molecule has 5 nitrogen and oxygen atoms in total. The van der Waals surface area contributed by atoms with Gasteiger partial charge in [-0.1, -0.05) is 6.07 Å². The van der Waals surface area contributed by atoms with E-state index in [-0.39, 0.29) is 24.1 Å². The summed E-state index contributed by atoms with van der Waals surface area (Å²) in [6, 6.07) is 4.07. The molecule has 0 aliphatic carbocycles. The number of aliphatic hydroxyl groups is 1. The lowest BCUT2D eigenvalue weighted by molar-refractivity contribution is -0.117. The van der Waals surface area contributed by atoms with Crippen LogP contribution in [0.2, 0.25) is 0 Å². The number of carbonyl (C=O) groups excluding carboxylic acids is 1. The summed E-state index contributed by atoms with van der Waals surface area (Å²) in [4.78, 5) is 11.9. The predicted octanol–water partition coefficient (Wildman–Crippen LogP) is 1.68. The Morgan fingerprint density at radius 3 is 2.81 bits per heavy atom. The lowest BCUT2D eigenvalue weighted by Crippen LogP contribution is -2.35. The third-order valence-electron chi connectivity index (χ3n) is 3.10. The van der Waals surface area contributed by atoms with E-state index in [1.807, 2.05) is 0 Å². The summed E-state index contributed by atoms with van der Waals surface area (Å²) in [5, 5.41) is 14.8. The topological polar surface area (TPSA) is 70.6 Å². The fraction of sp³-hybridized carbons (Fsp3) is 0.462. The predicted molar refractivity (Wildman–Crippen MR) is 76.1 cm³/mol. The van der Waals surface area contributed by atoms with Gasteiger partial charge in [0, 0.05) is 18.3 Å². The molecule has 2 rings (SSSR count). The maximum Gasteiger partial charge on any atom is 0.387 e. The molecule has 0 radical (unpaired) electrons. The Bertz CT molecular complexity index is 502. The molecule has 1 aromatic carbocycles. The lowest BCUT2D eigenvalue weighted by Gasteiger charge is -2.13. The second-order valence-electron chi connectivity index (χ2n) is 4.70. The number of aryl methyl sites for hydroxylation is 1. The van der Waals surface area contributed by atoms with Crippen molar-refractivity contribution in [3.05, 3.63) is 23.8 Å². The molecule has 0 saturated carbocycles. The van der Waals surface area contributed by atoms with Gasteiger partial charge in [-0.15, -0.1) is 12.4 Å². The highest BCUT2D eigenvalue weighted by atomic mass is 35.5. The van der Waals surface area contributed by atoms with Crippen LogP contribution in [-0.4, -0.2) is 36.3 Å². The van der Waals surface area contributed by atoms with Crippen LogP contribution in [0.15, 0.2) is 18.2 Å². The van der Waals surface area contributed by atoms with Crippen LogP contribution < -0.4 is 15.4 Å².